The number of nitrogens with zero attached hydrogens (tertiary/aromatic N) is 3. The molecule has 0 atom stereocenters. The molecule has 0 radical (unpaired) electrons. The van der Waals surface area contributed by atoms with E-state index in [4.69, 9.17) is 4.74 Å². The van der Waals surface area contributed by atoms with Crippen LogP contribution in [0.5, 0.6) is 0 Å². The molecule has 0 spiro atoms. The molecule has 1 aromatic heterocycles. The number of anilines is 1. The van der Waals surface area contributed by atoms with Gasteiger partial charge in [0.2, 0.25) is 0 Å². The summed E-state index contributed by atoms with van der Waals surface area (Å²) in [5.74, 6) is -0.493. The fourth-order valence-corrected chi connectivity index (χ4v) is 4.49. The number of hydrogen-bond acceptors (Lipinski definition) is 5. The number of ketones is 1. The molecule has 1 aliphatic heterocycles. The van der Waals surface area contributed by atoms with Gasteiger partial charge in [-0.2, -0.15) is 10.4 Å². The zero-order chi connectivity index (χ0) is 21.5. The van der Waals surface area contributed by atoms with Crippen LogP contribution in [-0.2, 0) is 17.6 Å². The first-order valence-corrected chi connectivity index (χ1v) is 10.5. The SMILES string of the molecule is CCc1nn(-c2cc(F)c(C#N)c(NC3CCOCC3)c2)c2c1C(=O)CC(C)(C)C2. The molecular formula is C23H27FN4O2. The molecule has 1 aliphatic carbocycles. The molecule has 1 N–H and O–H groups in total. The predicted molar refractivity (Wildman–Crippen MR) is 112 cm³/mol. The van der Waals surface area contributed by atoms with Gasteiger partial charge >= 0.3 is 0 Å². The van der Waals surface area contributed by atoms with Gasteiger partial charge in [-0.3, -0.25) is 4.79 Å². The summed E-state index contributed by atoms with van der Waals surface area (Å²) in [6, 6.07) is 5.22. The third-order valence-corrected chi connectivity index (χ3v) is 5.96. The lowest BCUT2D eigenvalue weighted by Gasteiger charge is -2.29. The summed E-state index contributed by atoms with van der Waals surface area (Å²) in [6.45, 7) is 7.39. The van der Waals surface area contributed by atoms with Gasteiger partial charge in [0, 0.05) is 31.7 Å². The number of aryl methyl sites for hydroxylation is 1. The maximum Gasteiger partial charge on any atom is 0.167 e. The van der Waals surface area contributed by atoms with Crippen molar-refractivity contribution in [3.05, 3.63) is 40.5 Å². The van der Waals surface area contributed by atoms with E-state index in [2.05, 4.69) is 24.3 Å². The van der Waals surface area contributed by atoms with Gasteiger partial charge in [0.15, 0.2) is 5.78 Å². The topological polar surface area (TPSA) is 79.9 Å². The van der Waals surface area contributed by atoms with Crippen LogP contribution in [0.25, 0.3) is 5.69 Å². The second kappa shape index (κ2) is 7.84. The number of carbonyl (C=O) groups is 1. The monoisotopic (exact) mass is 410 g/mol. The number of nitriles is 1. The average molecular weight is 410 g/mol. The smallest absolute Gasteiger partial charge is 0.167 e. The summed E-state index contributed by atoms with van der Waals surface area (Å²) in [6.07, 6.45) is 3.41. The Morgan fingerprint density at radius 2 is 2.07 bits per heavy atom. The quantitative estimate of drug-likeness (QED) is 0.817. The molecule has 7 heteroatoms. The molecule has 4 rings (SSSR count). The number of fused-ring (bicyclic) bond motifs is 1. The van der Waals surface area contributed by atoms with Crippen LogP contribution in [-0.4, -0.2) is 34.8 Å². The van der Waals surface area contributed by atoms with E-state index in [1.54, 1.807) is 10.7 Å². The van der Waals surface area contributed by atoms with Crippen molar-refractivity contribution >= 4 is 11.5 Å². The zero-order valence-electron chi connectivity index (χ0n) is 17.7. The van der Waals surface area contributed by atoms with Gasteiger partial charge < -0.3 is 10.1 Å². The number of halogens is 1. The Bertz CT molecular complexity index is 1030. The molecule has 158 valence electrons. The molecule has 0 unspecified atom stereocenters. The van der Waals surface area contributed by atoms with Crippen molar-refractivity contribution in [3.8, 4) is 11.8 Å². The average Bonchev–Trinajstić information content (AvgIpc) is 3.06. The highest BCUT2D eigenvalue weighted by Gasteiger charge is 2.36. The van der Waals surface area contributed by atoms with Crippen LogP contribution in [0.4, 0.5) is 10.1 Å². The Morgan fingerprint density at radius 3 is 2.73 bits per heavy atom. The summed E-state index contributed by atoms with van der Waals surface area (Å²) >= 11 is 0. The van der Waals surface area contributed by atoms with Crippen molar-refractivity contribution in [1.82, 2.24) is 9.78 Å². The van der Waals surface area contributed by atoms with E-state index < -0.39 is 5.82 Å². The molecule has 30 heavy (non-hydrogen) atoms. The first-order valence-electron chi connectivity index (χ1n) is 10.5. The number of benzene rings is 1. The molecule has 0 saturated carbocycles. The number of Topliss-reactive ketones (excluding diaryl/α,β-unsaturated/α-hetero) is 1. The second-order valence-corrected chi connectivity index (χ2v) is 8.97. The first kappa shape index (κ1) is 20.5. The Balaban J connectivity index is 1.81. The molecule has 2 aromatic rings. The molecule has 1 fully saturated rings. The van der Waals surface area contributed by atoms with Crippen LogP contribution in [0.1, 0.15) is 67.3 Å². The van der Waals surface area contributed by atoms with Crippen molar-refractivity contribution in [2.24, 2.45) is 5.41 Å². The minimum atomic E-state index is -0.590. The summed E-state index contributed by atoms with van der Waals surface area (Å²) in [7, 11) is 0. The third kappa shape index (κ3) is 3.72. The Kier molecular flexibility index (Phi) is 5.37. The van der Waals surface area contributed by atoms with Gasteiger partial charge in [-0.25, -0.2) is 9.07 Å². The van der Waals surface area contributed by atoms with Gasteiger partial charge in [0.25, 0.3) is 0 Å². The Labute approximate surface area is 176 Å². The first-order chi connectivity index (χ1) is 14.3. The molecule has 1 saturated heterocycles. The molecule has 0 amide bonds. The van der Waals surface area contributed by atoms with Crippen LogP contribution in [0.15, 0.2) is 12.1 Å². The normalized spacial score (nSPS) is 18.7. The largest absolute Gasteiger partial charge is 0.381 e. The number of rotatable bonds is 4. The van der Waals surface area contributed by atoms with E-state index in [0.717, 1.165) is 24.2 Å². The van der Waals surface area contributed by atoms with E-state index >= 15 is 0 Å². The van der Waals surface area contributed by atoms with Crippen molar-refractivity contribution in [1.29, 1.82) is 5.26 Å². The molecule has 1 aromatic carbocycles. The highest BCUT2D eigenvalue weighted by molar-refractivity contribution is 6.00. The highest BCUT2D eigenvalue weighted by atomic mass is 19.1. The maximum atomic E-state index is 14.9. The van der Waals surface area contributed by atoms with Crippen LogP contribution >= 0.6 is 0 Å². The zero-order valence-corrected chi connectivity index (χ0v) is 17.7. The van der Waals surface area contributed by atoms with Gasteiger partial charge in [0.1, 0.15) is 17.4 Å². The summed E-state index contributed by atoms with van der Waals surface area (Å²) in [4.78, 5) is 12.8. The Morgan fingerprint density at radius 1 is 1.33 bits per heavy atom. The minimum absolute atomic E-state index is 0.00149. The van der Waals surface area contributed by atoms with E-state index in [0.29, 0.717) is 49.4 Å². The van der Waals surface area contributed by atoms with Crippen LogP contribution in [0.3, 0.4) is 0 Å². The molecule has 2 aliphatic rings. The van der Waals surface area contributed by atoms with E-state index in [9.17, 15) is 14.4 Å². The summed E-state index contributed by atoms with van der Waals surface area (Å²) < 4.78 is 22.0. The van der Waals surface area contributed by atoms with Crippen LogP contribution in [0.2, 0.25) is 0 Å². The fraction of sp³-hybridized carbons (Fsp3) is 0.522. The van der Waals surface area contributed by atoms with Crippen LogP contribution in [0, 0.1) is 22.6 Å². The van der Waals surface area contributed by atoms with Crippen molar-refractivity contribution in [3.63, 3.8) is 0 Å². The van der Waals surface area contributed by atoms with E-state index in [1.807, 2.05) is 13.0 Å². The minimum Gasteiger partial charge on any atom is -0.381 e. The molecular weight excluding hydrogens is 383 g/mol. The van der Waals surface area contributed by atoms with Crippen LogP contribution < -0.4 is 5.32 Å². The van der Waals surface area contributed by atoms with Crippen molar-refractivity contribution in [2.75, 3.05) is 18.5 Å². The van der Waals surface area contributed by atoms with E-state index in [-0.39, 0.29) is 22.8 Å². The number of nitrogens with one attached hydrogen (secondary N) is 1. The molecule has 6 nitrogen and oxygen atoms in total. The lowest BCUT2D eigenvalue weighted by molar-refractivity contribution is 0.0903. The second-order valence-electron chi connectivity index (χ2n) is 8.97. The number of aromatic nitrogens is 2. The lowest BCUT2D eigenvalue weighted by Crippen LogP contribution is -2.29. The standard InChI is InChI=1S/C23H27FN4O2/c1-4-18-22-20(11-23(2,3)12-21(22)29)28(27-18)15-9-17(24)16(13-25)19(10-15)26-14-5-7-30-8-6-14/h9-10,14,26H,4-8,11-12H2,1-3H3. The maximum absolute atomic E-state index is 14.9. The highest BCUT2D eigenvalue weighted by Crippen LogP contribution is 2.38. The Hall–Kier alpha value is -2.72. The van der Waals surface area contributed by atoms with E-state index in [1.165, 1.54) is 6.07 Å². The lowest BCUT2D eigenvalue weighted by atomic mass is 9.75. The number of hydrogen-bond donors (Lipinski definition) is 1. The van der Waals surface area contributed by atoms with Gasteiger partial charge in [-0.05, 0) is 37.2 Å². The number of ether oxygens (including phenoxy) is 1. The van der Waals surface area contributed by atoms with Gasteiger partial charge in [0.05, 0.1) is 28.3 Å². The predicted octanol–water partition coefficient (Wildman–Crippen LogP) is 4.19. The van der Waals surface area contributed by atoms with Gasteiger partial charge in [-0.1, -0.05) is 20.8 Å². The molecule has 0 bridgehead atoms. The number of carbonyl (C=O) groups excluding carboxylic acids is 1. The van der Waals surface area contributed by atoms with Gasteiger partial charge in [-0.15, -0.1) is 0 Å². The summed E-state index contributed by atoms with van der Waals surface area (Å²) in [5, 5.41) is 17.5. The summed E-state index contributed by atoms with van der Waals surface area (Å²) in [5.41, 5.74) is 3.06. The third-order valence-electron chi connectivity index (χ3n) is 5.96. The molecule has 2 heterocycles. The van der Waals surface area contributed by atoms with Crippen molar-refractivity contribution < 1.29 is 13.9 Å². The van der Waals surface area contributed by atoms with Crippen molar-refractivity contribution in [2.45, 2.75) is 58.9 Å². The fourth-order valence-electron chi connectivity index (χ4n) is 4.49.